The summed E-state index contributed by atoms with van der Waals surface area (Å²) in [6, 6.07) is 1.62. The van der Waals surface area contributed by atoms with Crippen LogP contribution in [0.5, 0.6) is 0 Å². The second kappa shape index (κ2) is 5.22. The Morgan fingerprint density at radius 1 is 1.35 bits per heavy atom. The van der Waals surface area contributed by atoms with Crippen molar-refractivity contribution in [2.75, 3.05) is 19.6 Å². The summed E-state index contributed by atoms with van der Waals surface area (Å²) in [5, 5.41) is 0.539. The lowest BCUT2D eigenvalue weighted by Crippen LogP contribution is -2.53. The molecule has 2 fully saturated rings. The lowest BCUT2D eigenvalue weighted by atomic mass is 10.1. The van der Waals surface area contributed by atoms with Crippen molar-refractivity contribution in [2.45, 2.75) is 18.9 Å². The van der Waals surface area contributed by atoms with Crippen LogP contribution in [0.1, 0.15) is 23.2 Å². The minimum Gasteiger partial charge on any atom is -0.336 e. The zero-order chi connectivity index (χ0) is 14.3. The Bertz CT molecular complexity index is 579. The van der Waals surface area contributed by atoms with Crippen molar-refractivity contribution in [1.82, 2.24) is 14.8 Å². The van der Waals surface area contributed by atoms with E-state index in [1.54, 1.807) is 4.90 Å². The van der Waals surface area contributed by atoms with Crippen molar-refractivity contribution < 1.29 is 9.59 Å². The van der Waals surface area contributed by atoms with Crippen LogP contribution >= 0.6 is 23.2 Å². The first-order valence-corrected chi connectivity index (χ1v) is 7.21. The van der Waals surface area contributed by atoms with Crippen molar-refractivity contribution in [3.8, 4) is 0 Å². The number of aromatic nitrogens is 1. The van der Waals surface area contributed by atoms with E-state index in [1.165, 1.54) is 12.3 Å². The largest absolute Gasteiger partial charge is 0.336 e. The molecule has 2 amide bonds. The van der Waals surface area contributed by atoms with Gasteiger partial charge in [0.25, 0.3) is 5.91 Å². The molecule has 1 atom stereocenters. The Kier molecular flexibility index (Phi) is 3.56. The smallest absolute Gasteiger partial charge is 0.255 e. The molecule has 3 heterocycles. The van der Waals surface area contributed by atoms with Crippen molar-refractivity contribution in [2.24, 2.45) is 0 Å². The Morgan fingerprint density at radius 2 is 2.15 bits per heavy atom. The monoisotopic (exact) mass is 313 g/mol. The lowest BCUT2D eigenvalue weighted by molar-refractivity contribution is -0.130. The summed E-state index contributed by atoms with van der Waals surface area (Å²) < 4.78 is 0. The van der Waals surface area contributed by atoms with Crippen molar-refractivity contribution in [3.05, 3.63) is 28.0 Å². The van der Waals surface area contributed by atoms with E-state index < -0.39 is 0 Å². The number of piperazine rings is 1. The maximum absolute atomic E-state index is 12.5. The number of hydrogen-bond donors (Lipinski definition) is 0. The number of amides is 2. The molecule has 5 nitrogen and oxygen atoms in total. The number of rotatable bonds is 1. The van der Waals surface area contributed by atoms with Crippen LogP contribution in [0.4, 0.5) is 0 Å². The molecule has 1 aromatic rings. The normalized spacial score (nSPS) is 22.1. The van der Waals surface area contributed by atoms with E-state index in [4.69, 9.17) is 23.2 Å². The quantitative estimate of drug-likeness (QED) is 0.743. The molecule has 0 bridgehead atoms. The van der Waals surface area contributed by atoms with Gasteiger partial charge in [-0.05, 0) is 12.5 Å². The van der Waals surface area contributed by atoms with Crippen LogP contribution in [-0.4, -0.2) is 52.3 Å². The van der Waals surface area contributed by atoms with E-state index in [1.807, 2.05) is 4.90 Å². The number of hydrogen-bond acceptors (Lipinski definition) is 3. The molecular formula is C13H13Cl2N3O2. The van der Waals surface area contributed by atoms with Crippen LogP contribution < -0.4 is 0 Å². The Labute approximate surface area is 126 Å². The van der Waals surface area contributed by atoms with E-state index in [9.17, 15) is 9.59 Å². The first-order valence-electron chi connectivity index (χ1n) is 6.46. The topological polar surface area (TPSA) is 53.5 Å². The Morgan fingerprint density at radius 3 is 2.95 bits per heavy atom. The summed E-state index contributed by atoms with van der Waals surface area (Å²) in [6.07, 6.45) is 2.77. The van der Waals surface area contributed by atoms with Crippen molar-refractivity contribution >= 4 is 35.0 Å². The molecular weight excluding hydrogens is 301 g/mol. The zero-order valence-corrected chi connectivity index (χ0v) is 12.2. The van der Waals surface area contributed by atoms with E-state index in [0.717, 1.165) is 6.42 Å². The maximum atomic E-state index is 12.5. The van der Waals surface area contributed by atoms with Crippen LogP contribution in [0.3, 0.4) is 0 Å². The highest BCUT2D eigenvalue weighted by atomic mass is 35.5. The Balaban J connectivity index is 1.78. The number of pyridine rings is 1. The van der Waals surface area contributed by atoms with Gasteiger partial charge < -0.3 is 9.80 Å². The first-order chi connectivity index (χ1) is 9.56. The summed E-state index contributed by atoms with van der Waals surface area (Å²) in [5.74, 6) is 0.0328. The fourth-order valence-electron chi connectivity index (χ4n) is 2.80. The third-order valence-electron chi connectivity index (χ3n) is 3.83. The Hall–Kier alpha value is -1.33. The van der Waals surface area contributed by atoms with E-state index in [2.05, 4.69) is 4.98 Å². The van der Waals surface area contributed by atoms with Crippen LogP contribution in [0.25, 0.3) is 0 Å². The van der Waals surface area contributed by atoms with Gasteiger partial charge in [0.15, 0.2) is 0 Å². The van der Waals surface area contributed by atoms with Crippen LogP contribution in [-0.2, 0) is 4.79 Å². The molecule has 2 saturated heterocycles. The molecule has 106 valence electrons. The molecule has 1 aromatic heterocycles. The predicted octanol–water partition coefficient (Wildman–Crippen LogP) is 1.84. The molecule has 0 radical (unpaired) electrons. The van der Waals surface area contributed by atoms with Gasteiger partial charge in [-0.15, -0.1) is 0 Å². The number of carbonyl (C=O) groups excluding carboxylic acids is 2. The standard InChI is InChI=1S/C13H13Cl2N3O2/c14-10-6-16-11(15)5-9(10)13(20)17-3-4-18-8(7-17)1-2-12(18)19/h5-6,8H,1-4,7H2. The average molecular weight is 314 g/mol. The van der Waals surface area contributed by atoms with Gasteiger partial charge in [0.05, 0.1) is 10.6 Å². The minimum atomic E-state index is -0.154. The lowest BCUT2D eigenvalue weighted by Gasteiger charge is -2.37. The number of nitrogens with zero attached hydrogens (tertiary/aromatic N) is 3. The summed E-state index contributed by atoms with van der Waals surface area (Å²) in [6.45, 7) is 1.67. The second-order valence-electron chi connectivity index (χ2n) is 5.02. The first kappa shape index (κ1) is 13.6. The molecule has 3 rings (SSSR count). The van der Waals surface area contributed by atoms with Gasteiger partial charge in [-0.3, -0.25) is 9.59 Å². The van der Waals surface area contributed by atoms with Crippen LogP contribution in [0, 0.1) is 0 Å². The third kappa shape index (κ3) is 2.36. The molecule has 1 unspecified atom stereocenters. The van der Waals surface area contributed by atoms with Crippen molar-refractivity contribution in [3.63, 3.8) is 0 Å². The van der Waals surface area contributed by atoms with E-state index in [0.29, 0.717) is 36.6 Å². The highest BCUT2D eigenvalue weighted by Crippen LogP contribution is 2.25. The van der Waals surface area contributed by atoms with Gasteiger partial charge in [0, 0.05) is 38.3 Å². The molecule has 7 heteroatoms. The maximum Gasteiger partial charge on any atom is 0.255 e. The number of fused-ring (bicyclic) bond motifs is 1. The highest BCUT2D eigenvalue weighted by Gasteiger charge is 2.37. The molecule has 0 spiro atoms. The third-order valence-corrected chi connectivity index (χ3v) is 4.34. The summed E-state index contributed by atoms with van der Waals surface area (Å²) in [4.78, 5) is 31.6. The molecule has 2 aliphatic heterocycles. The summed E-state index contributed by atoms with van der Waals surface area (Å²) >= 11 is 11.8. The fourth-order valence-corrected chi connectivity index (χ4v) is 3.14. The minimum absolute atomic E-state index is 0.135. The van der Waals surface area contributed by atoms with Gasteiger partial charge >= 0.3 is 0 Å². The van der Waals surface area contributed by atoms with Crippen molar-refractivity contribution in [1.29, 1.82) is 0 Å². The zero-order valence-electron chi connectivity index (χ0n) is 10.7. The molecule has 0 N–H and O–H groups in total. The number of carbonyl (C=O) groups is 2. The molecule has 0 aromatic carbocycles. The van der Waals surface area contributed by atoms with Gasteiger partial charge in [-0.1, -0.05) is 23.2 Å². The molecule has 20 heavy (non-hydrogen) atoms. The van der Waals surface area contributed by atoms with Gasteiger partial charge in [0.1, 0.15) is 5.15 Å². The predicted molar refractivity (Wildman–Crippen MR) is 74.9 cm³/mol. The fraction of sp³-hybridized carbons (Fsp3) is 0.462. The molecule has 0 saturated carbocycles. The van der Waals surface area contributed by atoms with E-state index >= 15 is 0 Å². The SMILES string of the molecule is O=C(c1cc(Cl)ncc1Cl)N1CCN2C(=O)CCC2C1. The van der Waals surface area contributed by atoms with Crippen LogP contribution in [0.2, 0.25) is 10.2 Å². The molecule has 0 aliphatic carbocycles. The summed E-state index contributed by atoms with van der Waals surface area (Å²) in [5.41, 5.74) is 0.365. The molecule has 2 aliphatic rings. The van der Waals surface area contributed by atoms with E-state index in [-0.39, 0.29) is 23.0 Å². The van der Waals surface area contributed by atoms with Gasteiger partial charge in [0.2, 0.25) is 5.91 Å². The highest BCUT2D eigenvalue weighted by molar-refractivity contribution is 6.35. The average Bonchev–Trinajstić information content (AvgIpc) is 2.82. The van der Waals surface area contributed by atoms with Crippen LogP contribution in [0.15, 0.2) is 12.3 Å². The summed E-state index contributed by atoms with van der Waals surface area (Å²) in [7, 11) is 0. The number of halogens is 2. The van der Waals surface area contributed by atoms with Gasteiger partial charge in [-0.2, -0.15) is 0 Å². The second-order valence-corrected chi connectivity index (χ2v) is 5.81. The van der Waals surface area contributed by atoms with Gasteiger partial charge in [-0.25, -0.2) is 4.98 Å².